The molecule has 2 atom stereocenters. The summed E-state index contributed by atoms with van der Waals surface area (Å²) in [6.45, 7) is 4.41. The van der Waals surface area contributed by atoms with Crippen molar-refractivity contribution in [3.8, 4) is 0 Å². The zero-order valence-corrected chi connectivity index (χ0v) is 15.3. The van der Waals surface area contributed by atoms with Crippen LogP contribution in [0.4, 0.5) is 0 Å². The molecule has 2 unspecified atom stereocenters. The second-order valence-corrected chi connectivity index (χ2v) is 7.14. The van der Waals surface area contributed by atoms with Gasteiger partial charge in [0.25, 0.3) is 0 Å². The summed E-state index contributed by atoms with van der Waals surface area (Å²) in [4.78, 5) is 0. The largest absolute Gasteiger partial charge is 0.384 e. The van der Waals surface area contributed by atoms with Crippen LogP contribution >= 0.6 is 38.5 Å². The molecule has 1 N–H and O–H groups in total. The van der Waals surface area contributed by atoms with E-state index in [2.05, 4.69) is 64.5 Å². The van der Waals surface area contributed by atoms with Crippen LogP contribution in [-0.4, -0.2) is 5.11 Å². The summed E-state index contributed by atoms with van der Waals surface area (Å²) in [6, 6.07) is 14.3. The fraction of sp³-hybridized carbons (Fsp3) is 0.294. The van der Waals surface area contributed by atoms with Crippen molar-refractivity contribution in [1.29, 1.82) is 0 Å². The van der Waals surface area contributed by atoms with Crippen LogP contribution in [0.1, 0.15) is 49.0 Å². The predicted octanol–water partition coefficient (Wildman–Crippen LogP) is 5.65. The third-order valence-corrected chi connectivity index (χ3v) is 5.08. The summed E-state index contributed by atoms with van der Waals surface area (Å²) >= 11 is 5.78. The molecular weight excluding hydrogens is 427 g/mol. The molecule has 0 bridgehead atoms. The highest BCUT2D eigenvalue weighted by Gasteiger charge is 2.14. The second kappa shape index (κ2) is 7.05. The third-order valence-electron chi connectivity index (χ3n) is 3.69. The molecule has 0 heterocycles. The topological polar surface area (TPSA) is 20.2 Å². The molecule has 0 amide bonds. The standard InChI is InChI=1S/C17H18BrIO/c1-3-11(2)12-4-6-13(7-5-12)17(20)15-10-14(19)8-9-16(15)18/h4-11,17,20H,3H2,1-2H3. The van der Waals surface area contributed by atoms with Crippen molar-refractivity contribution in [2.24, 2.45) is 0 Å². The van der Waals surface area contributed by atoms with Crippen LogP contribution in [0.3, 0.4) is 0 Å². The minimum atomic E-state index is -0.593. The van der Waals surface area contributed by atoms with Gasteiger partial charge < -0.3 is 5.11 Å². The Hall–Kier alpha value is -0.390. The lowest BCUT2D eigenvalue weighted by Crippen LogP contribution is -2.02. The van der Waals surface area contributed by atoms with Crippen LogP contribution in [0.15, 0.2) is 46.9 Å². The smallest absolute Gasteiger partial charge is 0.105 e. The number of aliphatic hydroxyl groups excluding tert-OH is 1. The lowest BCUT2D eigenvalue weighted by atomic mass is 9.95. The minimum Gasteiger partial charge on any atom is -0.384 e. The fourth-order valence-electron chi connectivity index (χ4n) is 2.15. The summed E-state index contributed by atoms with van der Waals surface area (Å²) in [5.74, 6) is 0.561. The molecule has 0 aliphatic rings. The van der Waals surface area contributed by atoms with Crippen LogP contribution in [0.2, 0.25) is 0 Å². The van der Waals surface area contributed by atoms with Crippen molar-refractivity contribution in [2.45, 2.75) is 32.3 Å². The van der Waals surface area contributed by atoms with Gasteiger partial charge >= 0.3 is 0 Å². The van der Waals surface area contributed by atoms with E-state index in [1.807, 2.05) is 30.3 Å². The van der Waals surface area contributed by atoms with Crippen molar-refractivity contribution >= 4 is 38.5 Å². The highest BCUT2D eigenvalue weighted by atomic mass is 127. The highest BCUT2D eigenvalue weighted by Crippen LogP contribution is 2.30. The van der Waals surface area contributed by atoms with Gasteiger partial charge in [-0.1, -0.05) is 54.0 Å². The van der Waals surface area contributed by atoms with E-state index in [1.54, 1.807) is 0 Å². The van der Waals surface area contributed by atoms with E-state index >= 15 is 0 Å². The third kappa shape index (κ3) is 3.62. The summed E-state index contributed by atoms with van der Waals surface area (Å²) in [5, 5.41) is 10.6. The molecule has 0 aliphatic heterocycles. The second-order valence-electron chi connectivity index (χ2n) is 5.04. The molecule has 0 radical (unpaired) electrons. The first-order valence-corrected chi connectivity index (χ1v) is 8.63. The Labute approximate surface area is 142 Å². The van der Waals surface area contributed by atoms with Gasteiger partial charge in [-0.2, -0.15) is 0 Å². The quantitative estimate of drug-likeness (QED) is 0.604. The Morgan fingerprint density at radius 3 is 2.30 bits per heavy atom. The van der Waals surface area contributed by atoms with Crippen molar-refractivity contribution in [1.82, 2.24) is 0 Å². The molecule has 0 aromatic heterocycles. The maximum absolute atomic E-state index is 10.6. The Bertz CT molecular complexity index is 580. The van der Waals surface area contributed by atoms with Gasteiger partial charge in [0.1, 0.15) is 6.10 Å². The van der Waals surface area contributed by atoms with Gasteiger partial charge in [0.15, 0.2) is 0 Å². The van der Waals surface area contributed by atoms with Crippen molar-refractivity contribution in [3.63, 3.8) is 0 Å². The van der Waals surface area contributed by atoms with Crippen molar-refractivity contribution < 1.29 is 5.11 Å². The molecule has 2 rings (SSSR count). The number of halogens is 2. The zero-order chi connectivity index (χ0) is 14.7. The molecule has 2 aromatic carbocycles. The lowest BCUT2D eigenvalue weighted by molar-refractivity contribution is 0.219. The van der Waals surface area contributed by atoms with Gasteiger partial charge in [-0.3, -0.25) is 0 Å². The molecule has 0 saturated carbocycles. The molecule has 0 spiro atoms. The number of benzene rings is 2. The predicted molar refractivity (Wildman–Crippen MR) is 96.1 cm³/mol. The van der Waals surface area contributed by atoms with E-state index in [4.69, 9.17) is 0 Å². The average Bonchev–Trinajstić information content (AvgIpc) is 2.48. The summed E-state index contributed by atoms with van der Waals surface area (Å²) in [7, 11) is 0. The molecule has 3 heteroatoms. The number of aliphatic hydroxyl groups is 1. The van der Waals surface area contributed by atoms with Crippen molar-refractivity contribution in [3.05, 3.63) is 67.2 Å². The van der Waals surface area contributed by atoms with Gasteiger partial charge in [0.2, 0.25) is 0 Å². The number of hydrogen-bond donors (Lipinski definition) is 1. The lowest BCUT2D eigenvalue weighted by Gasteiger charge is -2.15. The van der Waals surface area contributed by atoms with Gasteiger partial charge in [-0.15, -0.1) is 0 Å². The number of rotatable bonds is 4. The van der Waals surface area contributed by atoms with Crippen LogP contribution < -0.4 is 0 Å². The first-order chi connectivity index (χ1) is 9.52. The maximum atomic E-state index is 10.6. The van der Waals surface area contributed by atoms with Crippen molar-refractivity contribution in [2.75, 3.05) is 0 Å². The van der Waals surface area contributed by atoms with E-state index in [0.29, 0.717) is 5.92 Å². The Morgan fingerprint density at radius 2 is 1.70 bits per heavy atom. The molecule has 0 fully saturated rings. The van der Waals surface area contributed by atoms with Crippen LogP contribution in [-0.2, 0) is 0 Å². The first kappa shape index (κ1) is 16.0. The monoisotopic (exact) mass is 444 g/mol. The highest BCUT2D eigenvalue weighted by molar-refractivity contribution is 14.1. The molecule has 2 aromatic rings. The van der Waals surface area contributed by atoms with Gasteiger partial charge in [0, 0.05) is 13.6 Å². The van der Waals surface area contributed by atoms with E-state index in [1.165, 1.54) is 5.56 Å². The summed E-state index contributed by atoms with van der Waals surface area (Å²) < 4.78 is 2.06. The van der Waals surface area contributed by atoms with Gasteiger partial charge in [0.05, 0.1) is 0 Å². The molecular formula is C17H18BrIO. The average molecular weight is 445 g/mol. The first-order valence-electron chi connectivity index (χ1n) is 6.75. The molecule has 0 saturated heterocycles. The van der Waals surface area contributed by atoms with Crippen LogP contribution in [0.5, 0.6) is 0 Å². The Morgan fingerprint density at radius 1 is 1.10 bits per heavy atom. The zero-order valence-electron chi connectivity index (χ0n) is 11.6. The van der Waals surface area contributed by atoms with E-state index < -0.39 is 6.10 Å². The van der Waals surface area contributed by atoms with Gasteiger partial charge in [-0.05, 0) is 64.3 Å². The SMILES string of the molecule is CCC(C)c1ccc(C(O)c2cc(I)ccc2Br)cc1. The number of hydrogen-bond acceptors (Lipinski definition) is 1. The molecule has 106 valence electrons. The fourth-order valence-corrected chi connectivity index (χ4v) is 3.12. The minimum absolute atomic E-state index is 0.561. The Balaban J connectivity index is 2.29. The molecule has 1 nitrogen and oxygen atoms in total. The van der Waals surface area contributed by atoms with Crippen LogP contribution in [0, 0.1) is 3.57 Å². The normalized spacial score (nSPS) is 14.1. The maximum Gasteiger partial charge on any atom is 0.105 e. The van der Waals surface area contributed by atoms with Crippen LogP contribution in [0.25, 0.3) is 0 Å². The van der Waals surface area contributed by atoms with Gasteiger partial charge in [-0.25, -0.2) is 0 Å². The summed E-state index contributed by atoms with van der Waals surface area (Å²) in [5.41, 5.74) is 3.16. The Kier molecular flexibility index (Phi) is 5.64. The van der Waals surface area contributed by atoms with E-state index in [-0.39, 0.29) is 0 Å². The van der Waals surface area contributed by atoms with E-state index in [0.717, 1.165) is 25.6 Å². The molecule has 20 heavy (non-hydrogen) atoms. The van der Waals surface area contributed by atoms with E-state index in [9.17, 15) is 5.11 Å². The summed E-state index contributed by atoms with van der Waals surface area (Å²) in [6.07, 6.45) is 0.537. The molecule has 0 aliphatic carbocycles.